The third-order valence-electron chi connectivity index (χ3n) is 2.71. The molecule has 0 amide bonds. The summed E-state index contributed by atoms with van der Waals surface area (Å²) >= 11 is 0. The normalized spacial score (nSPS) is 14.2. The lowest BCUT2D eigenvalue weighted by Crippen LogP contribution is -2.19. The molecule has 7 heteroatoms. The predicted octanol–water partition coefficient (Wildman–Crippen LogP) is 3.37. The average molecular weight is 290 g/mol. The Morgan fingerprint density at radius 1 is 1.45 bits per heavy atom. The highest BCUT2D eigenvalue weighted by Crippen LogP contribution is 2.33. The molecule has 0 saturated heterocycles. The standard InChI is InChI=1S/C13H17F3N2O2/c1-3-4-8(2)20-11-6-5-9(13(14,15)16)7-10(11)12(17)18-19/h5-8,19H,3-4H2,1-2H3,(H2,17,18). The molecular weight excluding hydrogens is 273 g/mol. The van der Waals surface area contributed by atoms with Crippen molar-refractivity contribution in [3.63, 3.8) is 0 Å². The van der Waals surface area contributed by atoms with Gasteiger partial charge in [-0.1, -0.05) is 18.5 Å². The van der Waals surface area contributed by atoms with E-state index in [-0.39, 0.29) is 17.4 Å². The summed E-state index contributed by atoms with van der Waals surface area (Å²) in [7, 11) is 0. The minimum absolute atomic E-state index is 0.0784. The van der Waals surface area contributed by atoms with Crippen LogP contribution in [0, 0.1) is 0 Å². The summed E-state index contributed by atoms with van der Waals surface area (Å²) in [5.74, 6) is -0.260. The minimum Gasteiger partial charge on any atom is -0.490 e. The third-order valence-corrected chi connectivity index (χ3v) is 2.71. The number of benzene rings is 1. The van der Waals surface area contributed by atoms with Gasteiger partial charge in [-0.15, -0.1) is 0 Å². The number of ether oxygens (including phenoxy) is 1. The summed E-state index contributed by atoms with van der Waals surface area (Å²) < 4.78 is 43.5. The predicted molar refractivity (Wildman–Crippen MR) is 69.0 cm³/mol. The van der Waals surface area contributed by atoms with Crippen LogP contribution in [0.25, 0.3) is 0 Å². The van der Waals surface area contributed by atoms with Gasteiger partial charge in [-0.25, -0.2) is 0 Å². The molecule has 0 aliphatic carbocycles. The van der Waals surface area contributed by atoms with Crippen molar-refractivity contribution in [2.45, 2.75) is 39.0 Å². The third kappa shape index (κ3) is 4.04. The summed E-state index contributed by atoms with van der Waals surface area (Å²) in [6, 6.07) is 2.90. The molecule has 1 unspecified atom stereocenters. The van der Waals surface area contributed by atoms with Crippen molar-refractivity contribution >= 4 is 5.84 Å². The Labute approximate surface area is 115 Å². The number of hydrogen-bond acceptors (Lipinski definition) is 3. The van der Waals surface area contributed by atoms with E-state index in [9.17, 15) is 13.2 Å². The minimum atomic E-state index is -4.50. The molecule has 0 heterocycles. The van der Waals surface area contributed by atoms with E-state index in [0.29, 0.717) is 0 Å². The molecule has 0 aromatic heterocycles. The number of amidine groups is 1. The van der Waals surface area contributed by atoms with Crippen LogP contribution < -0.4 is 10.5 Å². The van der Waals surface area contributed by atoms with E-state index >= 15 is 0 Å². The summed E-state index contributed by atoms with van der Waals surface area (Å²) in [5, 5.41) is 11.4. The first-order valence-electron chi connectivity index (χ1n) is 6.15. The van der Waals surface area contributed by atoms with E-state index in [1.54, 1.807) is 6.92 Å². The molecule has 4 nitrogen and oxygen atoms in total. The molecule has 0 aliphatic rings. The molecule has 112 valence electrons. The highest BCUT2D eigenvalue weighted by Gasteiger charge is 2.31. The van der Waals surface area contributed by atoms with Crippen LogP contribution in [-0.2, 0) is 6.18 Å². The van der Waals surface area contributed by atoms with Gasteiger partial charge in [0, 0.05) is 0 Å². The van der Waals surface area contributed by atoms with Crippen LogP contribution >= 0.6 is 0 Å². The SMILES string of the molecule is CCCC(C)Oc1ccc(C(F)(F)F)cc1/C(N)=N/O. The van der Waals surface area contributed by atoms with E-state index in [0.717, 1.165) is 25.0 Å². The summed E-state index contributed by atoms with van der Waals surface area (Å²) in [6.07, 6.45) is -3.06. The Morgan fingerprint density at radius 2 is 2.10 bits per heavy atom. The largest absolute Gasteiger partial charge is 0.490 e. The van der Waals surface area contributed by atoms with Crippen molar-refractivity contribution in [2.75, 3.05) is 0 Å². The van der Waals surface area contributed by atoms with Crippen LogP contribution in [0.1, 0.15) is 37.8 Å². The van der Waals surface area contributed by atoms with E-state index in [4.69, 9.17) is 15.7 Å². The Morgan fingerprint density at radius 3 is 2.60 bits per heavy atom. The molecule has 0 radical (unpaired) electrons. The first kappa shape index (κ1) is 16.1. The zero-order chi connectivity index (χ0) is 15.3. The second-order valence-corrected chi connectivity index (χ2v) is 4.41. The highest BCUT2D eigenvalue weighted by atomic mass is 19.4. The van der Waals surface area contributed by atoms with Gasteiger partial charge in [-0.3, -0.25) is 0 Å². The zero-order valence-electron chi connectivity index (χ0n) is 11.2. The fraction of sp³-hybridized carbons (Fsp3) is 0.462. The van der Waals surface area contributed by atoms with Gasteiger partial charge in [0.25, 0.3) is 0 Å². The highest BCUT2D eigenvalue weighted by molar-refractivity contribution is 5.99. The van der Waals surface area contributed by atoms with Crippen molar-refractivity contribution < 1.29 is 23.1 Å². The van der Waals surface area contributed by atoms with Crippen LogP contribution in [0.2, 0.25) is 0 Å². The average Bonchev–Trinajstić information content (AvgIpc) is 2.37. The summed E-state index contributed by atoms with van der Waals surface area (Å²) in [6.45, 7) is 3.77. The van der Waals surface area contributed by atoms with Crippen LogP contribution in [0.4, 0.5) is 13.2 Å². The van der Waals surface area contributed by atoms with Crippen LogP contribution in [0.15, 0.2) is 23.4 Å². The Bertz CT molecular complexity index is 487. The van der Waals surface area contributed by atoms with E-state index in [2.05, 4.69) is 5.16 Å². The van der Waals surface area contributed by atoms with Gasteiger partial charge in [0.2, 0.25) is 0 Å². The molecule has 0 bridgehead atoms. The van der Waals surface area contributed by atoms with Crippen molar-refractivity contribution in [1.29, 1.82) is 0 Å². The molecule has 0 spiro atoms. The molecular formula is C13H17F3N2O2. The van der Waals surface area contributed by atoms with Gasteiger partial charge in [-0.2, -0.15) is 13.2 Å². The lowest BCUT2D eigenvalue weighted by Gasteiger charge is -2.18. The zero-order valence-corrected chi connectivity index (χ0v) is 11.2. The second kappa shape index (κ2) is 6.49. The van der Waals surface area contributed by atoms with Gasteiger partial charge in [-0.05, 0) is 31.5 Å². The number of nitrogens with two attached hydrogens (primary N) is 1. The van der Waals surface area contributed by atoms with Gasteiger partial charge in [0.05, 0.1) is 17.2 Å². The van der Waals surface area contributed by atoms with Crippen LogP contribution in [0.3, 0.4) is 0 Å². The Kier molecular flexibility index (Phi) is 5.24. The van der Waals surface area contributed by atoms with Crippen molar-refractivity contribution in [1.82, 2.24) is 0 Å². The molecule has 20 heavy (non-hydrogen) atoms. The quantitative estimate of drug-likeness (QED) is 0.378. The number of halogens is 3. The lowest BCUT2D eigenvalue weighted by molar-refractivity contribution is -0.137. The molecule has 1 atom stereocenters. The maximum Gasteiger partial charge on any atom is 0.416 e. The summed E-state index contributed by atoms with van der Waals surface area (Å²) in [4.78, 5) is 0. The van der Waals surface area contributed by atoms with Gasteiger partial charge >= 0.3 is 6.18 Å². The first-order chi connectivity index (χ1) is 9.29. The maximum absolute atomic E-state index is 12.7. The van der Waals surface area contributed by atoms with Crippen LogP contribution in [-0.4, -0.2) is 17.1 Å². The van der Waals surface area contributed by atoms with Gasteiger partial charge < -0.3 is 15.7 Å². The number of oxime groups is 1. The topological polar surface area (TPSA) is 67.8 Å². The first-order valence-corrected chi connectivity index (χ1v) is 6.15. The number of hydrogen-bond donors (Lipinski definition) is 2. The fourth-order valence-electron chi connectivity index (χ4n) is 1.75. The molecule has 0 fully saturated rings. The smallest absolute Gasteiger partial charge is 0.416 e. The van der Waals surface area contributed by atoms with E-state index < -0.39 is 17.6 Å². The molecule has 3 N–H and O–H groups in total. The van der Waals surface area contributed by atoms with Gasteiger partial charge in [0.15, 0.2) is 5.84 Å². The number of nitrogens with zero attached hydrogens (tertiary/aromatic N) is 1. The van der Waals surface area contributed by atoms with Crippen molar-refractivity contribution in [2.24, 2.45) is 10.9 Å². The van der Waals surface area contributed by atoms with Crippen molar-refractivity contribution in [3.8, 4) is 5.75 Å². The second-order valence-electron chi connectivity index (χ2n) is 4.41. The molecule has 0 saturated carbocycles. The van der Waals surface area contributed by atoms with Gasteiger partial charge in [0.1, 0.15) is 5.75 Å². The molecule has 1 aromatic rings. The fourth-order valence-corrected chi connectivity index (χ4v) is 1.75. The lowest BCUT2D eigenvalue weighted by atomic mass is 10.1. The number of rotatable bonds is 5. The van der Waals surface area contributed by atoms with Crippen LogP contribution in [0.5, 0.6) is 5.75 Å². The van der Waals surface area contributed by atoms with E-state index in [1.165, 1.54) is 6.07 Å². The molecule has 1 aromatic carbocycles. The summed E-state index contributed by atoms with van der Waals surface area (Å²) in [5.41, 5.74) is 4.45. The molecule has 1 rings (SSSR count). The number of alkyl halides is 3. The monoisotopic (exact) mass is 290 g/mol. The maximum atomic E-state index is 12.7. The molecule has 0 aliphatic heterocycles. The Balaban J connectivity index is 3.17. The van der Waals surface area contributed by atoms with E-state index in [1.807, 2.05) is 6.92 Å². The Hall–Kier alpha value is -1.92. The van der Waals surface area contributed by atoms with Crippen molar-refractivity contribution in [3.05, 3.63) is 29.3 Å².